The Kier molecular flexibility index (Phi) is 5.95. The monoisotopic (exact) mass is 291 g/mol. The number of carbonyl (C=O) groups is 1. The van der Waals surface area contributed by atoms with Gasteiger partial charge in [0.05, 0.1) is 6.54 Å². The Morgan fingerprint density at radius 1 is 1.38 bits per heavy atom. The van der Waals surface area contributed by atoms with Crippen molar-refractivity contribution < 1.29 is 4.79 Å². The first-order chi connectivity index (χ1) is 10.1. The molecule has 1 aliphatic rings. The van der Waals surface area contributed by atoms with Gasteiger partial charge in [0, 0.05) is 45.0 Å². The molecule has 116 valence electrons. The third-order valence-electron chi connectivity index (χ3n) is 3.63. The number of anilines is 1. The Labute approximate surface area is 126 Å². The van der Waals surface area contributed by atoms with Gasteiger partial charge in [0.15, 0.2) is 0 Å². The van der Waals surface area contributed by atoms with Gasteiger partial charge >= 0.3 is 0 Å². The molecular weight excluding hydrogens is 266 g/mol. The molecule has 0 radical (unpaired) electrons. The van der Waals surface area contributed by atoms with Crippen LogP contribution in [0.25, 0.3) is 0 Å². The highest BCUT2D eigenvalue weighted by Crippen LogP contribution is 2.12. The molecule has 6 nitrogen and oxygen atoms in total. The molecule has 0 aromatic carbocycles. The fraction of sp³-hybridized carbons (Fsp3) is 0.600. The van der Waals surface area contributed by atoms with E-state index in [9.17, 15) is 4.79 Å². The third kappa shape index (κ3) is 5.32. The molecule has 1 fully saturated rings. The number of rotatable bonds is 6. The Balaban J connectivity index is 1.68. The fourth-order valence-corrected chi connectivity index (χ4v) is 2.37. The molecule has 21 heavy (non-hydrogen) atoms. The van der Waals surface area contributed by atoms with Crippen LogP contribution in [0.4, 0.5) is 5.82 Å². The van der Waals surface area contributed by atoms with Gasteiger partial charge in [0.2, 0.25) is 5.91 Å². The molecule has 1 aromatic rings. The van der Waals surface area contributed by atoms with E-state index in [2.05, 4.69) is 20.1 Å². The van der Waals surface area contributed by atoms with E-state index >= 15 is 0 Å². The first-order valence-corrected chi connectivity index (χ1v) is 7.56. The van der Waals surface area contributed by atoms with Crippen molar-refractivity contribution in [3.05, 3.63) is 24.4 Å². The molecule has 0 bridgehead atoms. The van der Waals surface area contributed by atoms with Gasteiger partial charge in [-0.2, -0.15) is 0 Å². The number of pyridine rings is 1. The highest BCUT2D eigenvalue weighted by molar-refractivity contribution is 5.78. The Morgan fingerprint density at radius 3 is 2.76 bits per heavy atom. The van der Waals surface area contributed by atoms with Crippen molar-refractivity contribution in [2.45, 2.75) is 19.4 Å². The van der Waals surface area contributed by atoms with E-state index < -0.39 is 0 Å². The molecule has 1 aromatic heterocycles. The average molecular weight is 291 g/mol. The Morgan fingerprint density at radius 2 is 2.14 bits per heavy atom. The molecule has 2 rings (SSSR count). The number of carbonyl (C=O) groups excluding carboxylic acids is 1. The Hall–Kier alpha value is -1.66. The molecule has 1 unspecified atom stereocenters. The maximum Gasteiger partial charge on any atom is 0.234 e. The van der Waals surface area contributed by atoms with E-state index in [0.29, 0.717) is 13.1 Å². The molecule has 1 amide bonds. The predicted octanol–water partition coefficient (Wildman–Crippen LogP) is 0.0571. The Bertz CT molecular complexity index is 429. The predicted molar refractivity (Wildman–Crippen MR) is 84.2 cm³/mol. The number of hydrogen-bond acceptors (Lipinski definition) is 5. The minimum Gasteiger partial charge on any atom is -0.355 e. The van der Waals surface area contributed by atoms with Crippen molar-refractivity contribution in [3.8, 4) is 0 Å². The number of nitrogens with one attached hydrogen (secondary N) is 1. The summed E-state index contributed by atoms with van der Waals surface area (Å²) in [6, 6.07) is 6.08. The van der Waals surface area contributed by atoms with Crippen LogP contribution < -0.4 is 16.0 Å². The minimum atomic E-state index is 0.0851. The van der Waals surface area contributed by atoms with Gasteiger partial charge in [-0.1, -0.05) is 6.07 Å². The standard InChI is InChI=1S/C15H25N5O/c1-13(16)5-7-18-15(21)12-19-8-10-20(11-9-19)14-4-2-3-6-17-14/h2-4,6,13H,5,7-12,16H2,1H3,(H,18,21). The third-order valence-corrected chi connectivity index (χ3v) is 3.63. The summed E-state index contributed by atoms with van der Waals surface area (Å²) in [7, 11) is 0. The average Bonchev–Trinajstić information content (AvgIpc) is 2.48. The minimum absolute atomic E-state index is 0.0851. The lowest BCUT2D eigenvalue weighted by Gasteiger charge is -2.34. The SMILES string of the molecule is CC(N)CCNC(=O)CN1CCN(c2ccccn2)CC1. The number of piperazine rings is 1. The molecule has 1 saturated heterocycles. The molecule has 6 heteroatoms. The van der Waals surface area contributed by atoms with Crippen LogP contribution in [0.5, 0.6) is 0 Å². The van der Waals surface area contributed by atoms with E-state index in [0.717, 1.165) is 38.4 Å². The lowest BCUT2D eigenvalue weighted by molar-refractivity contribution is -0.122. The number of aromatic nitrogens is 1. The zero-order chi connectivity index (χ0) is 15.1. The number of nitrogens with zero attached hydrogens (tertiary/aromatic N) is 3. The maximum atomic E-state index is 11.8. The summed E-state index contributed by atoms with van der Waals surface area (Å²) in [4.78, 5) is 20.6. The van der Waals surface area contributed by atoms with Gasteiger partial charge in [-0.15, -0.1) is 0 Å². The number of hydrogen-bond donors (Lipinski definition) is 2. The van der Waals surface area contributed by atoms with Crippen LogP contribution in [0, 0.1) is 0 Å². The van der Waals surface area contributed by atoms with Crippen molar-refractivity contribution in [1.29, 1.82) is 0 Å². The second-order valence-corrected chi connectivity index (χ2v) is 5.57. The molecule has 0 aliphatic carbocycles. The topological polar surface area (TPSA) is 74.5 Å². The van der Waals surface area contributed by atoms with E-state index in [-0.39, 0.29) is 11.9 Å². The lowest BCUT2D eigenvalue weighted by atomic mass is 10.2. The molecule has 0 saturated carbocycles. The summed E-state index contributed by atoms with van der Waals surface area (Å²) in [6.07, 6.45) is 2.63. The van der Waals surface area contributed by atoms with Gasteiger partial charge in [-0.3, -0.25) is 9.69 Å². The molecule has 1 aliphatic heterocycles. The summed E-state index contributed by atoms with van der Waals surface area (Å²) < 4.78 is 0. The summed E-state index contributed by atoms with van der Waals surface area (Å²) in [5.74, 6) is 1.10. The maximum absolute atomic E-state index is 11.8. The quantitative estimate of drug-likeness (QED) is 0.775. The van der Waals surface area contributed by atoms with Gasteiger partial charge < -0.3 is 16.0 Å². The number of nitrogens with two attached hydrogens (primary N) is 1. The van der Waals surface area contributed by atoms with E-state index in [4.69, 9.17) is 5.73 Å². The van der Waals surface area contributed by atoms with Gasteiger partial charge in [0.1, 0.15) is 5.82 Å². The smallest absolute Gasteiger partial charge is 0.234 e. The van der Waals surface area contributed by atoms with E-state index in [1.54, 1.807) is 0 Å². The second kappa shape index (κ2) is 7.95. The first-order valence-electron chi connectivity index (χ1n) is 7.56. The van der Waals surface area contributed by atoms with Crippen LogP contribution in [-0.2, 0) is 4.79 Å². The zero-order valence-corrected chi connectivity index (χ0v) is 12.7. The van der Waals surface area contributed by atoms with Crippen molar-refractivity contribution in [2.75, 3.05) is 44.2 Å². The molecule has 0 spiro atoms. The largest absolute Gasteiger partial charge is 0.355 e. The van der Waals surface area contributed by atoms with Crippen molar-refractivity contribution >= 4 is 11.7 Å². The highest BCUT2D eigenvalue weighted by atomic mass is 16.2. The van der Waals surface area contributed by atoms with Gasteiger partial charge in [-0.25, -0.2) is 4.98 Å². The van der Waals surface area contributed by atoms with Crippen molar-refractivity contribution in [3.63, 3.8) is 0 Å². The van der Waals surface area contributed by atoms with Crippen LogP contribution in [0.2, 0.25) is 0 Å². The molecule has 3 N–H and O–H groups in total. The summed E-state index contributed by atoms with van der Waals surface area (Å²) in [5, 5.41) is 2.92. The molecular formula is C15H25N5O. The van der Waals surface area contributed by atoms with Crippen LogP contribution in [0.3, 0.4) is 0 Å². The van der Waals surface area contributed by atoms with Crippen molar-refractivity contribution in [2.24, 2.45) is 5.73 Å². The van der Waals surface area contributed by atoms with E-state index in [1.165, 1.54) is 0 Å². The van der Waals surface area contributed by atoms with Crippen LogP contribution in [0.15, 0.2) is 24.4 Å². The normalized spacial score (nSPS) is 17.5. The van der Waals surface area contributed by atoms with Crippen molar-refractivity contribution in [1.82, 2.24) is 15.2 Å². The summed E-state index contributed by atoms with van der Waals surface area (Å²) in [5.41, 5.74) is 5.66. The van der Waals surface area contributed by atoms with Gasteiger partial charge in [-0.05, 0) is 25.5 Å². The van der Waals surface area contributed by atoms with Gasteiger partial charge in [0.25, 0.3) is 0 Å². The van der Waals surface area contributed by atoms with Crippen LogP contribution >= 0.6 is 0 Å². The van der Waals surface area contributed by atoms with Crippen LogP contribution in [0.1, 0.15) is 13.3 Å². The summed E-state index contributed by atoms with van der Waals surface area (Å²) >= 11 is 0. The molecule has 1 atom stereocenters. The highest BCUT2D eigenvalue weighted by Gasteiger charge is 2.19. The lowest BCUT2D eigenvalue weighted by Crippen LogP contribution is -2.49. The molecule has 2 heterocycles. The summed E-state index contributed by atoms with van der Waals surface area (Å²) in [6.45, 7) is 6.66. The first kappa shape index (κ1) is 15.7. The second-order valence-electron chi connectivity index (χ2n) is 5.57. The zero-order valence-electron chi connectivity index (χ0n) is 12.7. The van der Waals surface area contributed by atoms with Crippen LogP contribution in [-0.4, -0.2) is 61.1 Å². The van der Waals surface area contributed by atoms with E-state index in [1.807, 2.05) is 31.3 Å². The fourth-order valence-electron chi connectivity index (χ4n) is 2.37. The number of amides is 1.